The Morgan fingerprint density at radius 3 is 2.94 bits per heavy atom. The number of anilines is 1. The van der Waals surface area contributed by atoms with Crippen LogP contribution in [0.15, 0.2) is 17.1 Å². The predicted molar refractivity (Wildman–Crippen MR) is 59.2 cm³/mol. The fourth-order valence-corrected chi connectivity index (χ4v) is 1.73. The second-order valence-electron chi connectivity index (χ2n) is 3.78. The van der Waals surface area contributed by atoms with Crippen molar-refractivity contribution in [3.8, 4) is 0 Å². The number of carbonyl (C=O) groups excluding carboxylic acids is 1. The van der Waals surface area contributed by atoms with Gasteiger partial charge in [-0.15, -0.1) is 0 Å². The summed E-state index contributed by atoms with van der Waals surface area (Å²) < 4.78 is 0. The molecule has 0 atom stereocenters. The van der Waals surface area contributed by atoms with E-state index in [9.17, 15) is 9.59 Å². The molecule has 1 aromatic heterocycles. The molecule has 1 aliphatic heterocycles. The second kappa shape index (κ2) is 4.78. The van der Waals surface area contributed by atoms with Gasteiger partial charge in [0.1, 0.15) is 0 Å². The van der Waals surface area contributed by atoms with Crippen LogP contribution < -0.4 is 10.9 Å². The van der Waals surface area contributed by atoms with Gasteiger partial charge < -0.3 is 10.2 Å². The Morgan fingerprint density at radius 1 is 1.50 bits per heavy atom. The van der Waals surface area contributed by atoms with Gasteiger partial charge in [-0.2, -0.15) is 5.10 Å². The van der Waals surface area contributed by atoms with E-state index in [0.717, 1.165) is 25.9 Å². The Morgan fingerprint density at radius 2 is 2.25 bits per heavy atom. The number of aromatic amines is 1. The third-order valence-corrected chi connectivity index (χ3v) is 2.57. The lowest BCUT2D eigenvalue weighted by atomic mass is 10.4. The number of nitrogens with one attached hydrogen (secondary N) is 2. The van der Waals surface area contributed by atoms with Crippen LogP contribution in [0.2, 0.25) is 0 Å². The molecule has 1 aliphatic rings. The van der Waals surface area contributed by atoms with E-state index in [1.807, 2.05) is 4.90 Å². The molecule has 16 heavy (non-hydrogen) atoms. The Balaban J connectivity index is 1.87. The molecule has 1 amide bonds. The van der Waals surface area contributed by atoms with Gasteiger partial charge in [-0.3, -0.25) is 9.59 Å². The highest BCUT2D eigenvalue weighted by Crippen LogP contribution is 2.07. The van der Waals surface area contributed by atoms with E-state index in [1.54, 1.807) is 0 Å². The molecule has 2 rings (SSSR count). The summed E-state index contributed by atoms with van der Waals surface area (Å²) in [6, 6.07) is 1.38. The molecule has 0 saturated carbocycles. The highest BCUT2D eigenvalue weighted by atomic mass is 16.2. The highest BCUT2D eigenvalue weighted by molar-refractivity contribution is 5.80. The number of rotatable bonds is 3. The summed E-state index contributed by atoms with van der Waals surface area (Å²) in [6.07, 6.45) is 3.65. The first kappa shape index (κ1) is 10.7. The summed E-state index contributed by atoms with van der Waals surface area (Å²) in [5.74, 6) is 0.0674. The number of nitrogens with zero attached hydrogens (tertiary/aromatic N) is 2. The number of hydrogen-bond donors (Lipinski definition) is 2. The van der Waals surface area contributed by atoms with Crippen molar-refractivity contribution in [1.29, 1.82) is 0 Å². The average molecular weight is 222 g/mol. The van der Waals surface area contributed by atoms with Gasteiger partial charge in [0.25, 0.3) is 5.56 Å². The van der Waals surface area contributed by atoms with Crippen molar-refractivity contribution >= 4 is 11.6 Å². The molecule has 1 aromatic rings. The van der Waals surface area contributed by atoms with Gasteiger partial charge in [-0.05, 0) is 12.8 Å². The lowest BCUT2D eigenvalue weighted by molar-refractivity contribution is -0.128. The third kappa shape index (κ3) is 2.59. The van der Waals surface area contributed by atoms with Crippen LogP contribution in [0.1, 0.15) is 12.8 Å². The molecule has 86 valence electrons. The van der Waals surface area contributed by atoms with Crippen molar-refractivity contribution in [2.24, 2.45) is 0 Å². The number of H-pyrrole nitrogens is 1. The normalized spacial score (nSPS) is 15.1. The largest absolute Gasteiger partial charge is 0.375 e. The molecule has 1 fully saturated rings. The van der Waals surface area contributed by atoms with Gasteiger partial charge >= 0.3 is 0 Å². The maximum absolute atomic E-state index is 11.7. The number of hydrogen-bond acceptors (Lipinski definition) is 4. The molecule has 2 N–H and O–H groups in total. The Bertz CT molecular complexity index is 423. The number of amides is 1. The van der Waals surface area contributed by atoms with Crippen LogP contribution in [0.25, 0.3) is 0 Å². The Labute approximate surface area is 92.7 Å². The molecule has 1 saturated heterocycles. The maximum Gasteiger partial charge on any atom is 0.266 e. The number of likely N-dealkylation sites (tertiary alicyclic amines) is 1. The van der Waals surface area contributed by atoms with Gasteiger partial charge in [0.15, 0.2) is 0 Å². The van der Waals surface area contributed by atoms with Crippen LogP contribution in [-0.4, -0.2) is 40.6 Å². The Kier molecular flexibility index (Phi) is 3.19. The van der Waals surface area contributed by atoms with Gasteiger partial charge in [0, 0.05) is 19.2 Å². The monoisotopic (exact) mass is 222 g/mol. The fraction of sp³-hybridized carbons (Fsp3) is 0.500. The van der Waals surface area contributed by atoms with Crippen molar-refractivity contribution in [3.05, 3.63) is 22.6 Å². The minimum absolute atomic E-state index is 0.0674. The molecule has 0 radical (unpaired) electrons. The Hall–Kier alpha value is -1.85. The third-order valence-electron chi connectivity index (χ3n) is 2.57. The highest BCUT2D eigenvalue weighted by Gasteiger charge is 2.17. The number of aromatic nitrogens is 2. The van der Waals surface area contributed by atoms with Crippen molar-refractivity contribution < 1.29 is 4.79 Å². The number of carbonyl (C=O) groups is 1. The molecule has 6 heteroatoms. The lowest BCUT2D eigenvalue weighted by Crippen LogP contribution is -2.33. The molecule has 0 aromatic carbocycles. The molecular weight excluding hydrogens is 208 g/mol. The van der Waals surface area contributed by atoms with E-state index in [1.165, 1.54) is 12.3 Å². The van der Waals surface area contributed by atoms with Gasteiger partial charge in [-0.1, -0.05) is 0 Å². The quantitative estimate of drug-likeness (QED) is 0.742. The van der Waals surface area contributed by atoms with Crippen molar-refractivity contribution in [3.63, 3.8) is 0 Å². The zero-order chi connectivity index (χ0) is 11.4. The van der Waals surface area contributed by atoms with Gasteiger partial charge in [0.05, 0.1) is 18.4 Å². The van der Waals surface area contributed by atoms with Crippen LogP contribution in [0.3, 0.4) is 0 Å². The molecule has 0 spiro atoms. The zero-order valence-electron chi connectivity index (χ0n) is 8.90. The zero-order valence-corrected chi connectivity index (χ0v) is 8.90. The van der Waals surface area contributed by atoms with Crippen LogP contribution in [0, 0.1) is 0 Å². The van der Waals surface area contributed by atoms with E-state index < -0.39 is 0 Å². The van der Waals surface area contributed by atoms with E-state index in [2.05, 4.69) is 15.5 Å². The summed E-state index contributed by atoms with van der Waals surface area (Å²) in [5.41, 5.74) is 0.287. The molecule has 2 heterocycles. The van der Waals surface area contributed by atoms with Gasteiger partial charge in [0.2, 0.25) is 5.91 Å². The lowest BCUT2D eigenvalue weighted by Gasteiger charge is -2.15. The molecule has 0 bridgehead atoms. The average Bonchev–Trinajstić information content (AvgIpc) is 2.79. The molecular formula is C10H14N4O2. The molecule has 6 nitrogen and oxygen atoms in total. The van der Waals surface area contributed by atoms with E-state index >= 15 is 0 Å². The van der Waals surface area contributed by atoms with Crippen LogP contribution >= 0.6 is 0 Å². The first-order valence-electron chi connectivity index (χ1n) is 5.32. The molecule has 0 aliphatic carbocycles. The van der Waals surface area contributed by atoms with Gasteiger partial charge in [-0.25, -0.2) is 5.10 Å². The summed E-state index contributed by atoms with van der Waals surface area (Å²) >= 11 is 0. The van der Waals surface area contributed by atoms with Crippen molar-refractivity contribution in [2.45, 2.75) is 12.8 Å². The second-order valence-corrected chi connectivity index (χ2v) is 3.78. The summed E-state index contributed by atoms with van der Waals surface area (Å²) in [6.45, 7) is 1.90. The topological polar surface area (TPSA) is 78.1 Å². The van der Waals surface area contributed by atoms with E-state index in [0.29, 0.717) is 5.69 Å². The van der Waals surface area contributed by atoms with E-state index in [-0.39, 0.29) is 18.0 Å². The first-order chi connectivity index (χ1) is 7.75. The van der Waals surface area contributed by atoms with Crippen LogP contribution in [0.4, 0.5) is 5.69 Å². The summed E-state index contributed by atoms with van der Waals surface area (Å²) in [4.78, 5) is 24.4. The standard InChI is InChI=1S/C10H14N4O2/c15-9-5-8(6-12-13-9)11-7-10(16)14-3-1-2-4-14/h5-6H,1-4,7H2,(H2,11,13,15). The van der Waals surface area contributed by atoms with Crippen molar-refractivity contribution in [2.75, 3.05) is 25.0 Å². The predicted octanol–water partition coefficient (Wildman–Crippen LogP) is -0.196. The summed E-state index contributed by atoms with van der Waals surface area (Å²) in [7, 11) is 0. The van der Waals surface area contributed by atoms with Crippen molar-refractivity contribution in [1.82, 2.24) is 15.1 Å². The summed E-state index contributed by atoms with van der Waals surface area (Å²) in [5, 5.41) is 8.80. The molecule has 0 unspecified atom stereocenters. The maximum atomic E-state index is 11.7. The minimum atomic E-state index is -0.279. The minimum Gasteiger partial charge on any atom is -0.375 e. The fourth-order valence-electron chi connectivity index (χ4n) is 1.73. The van der Waals surface area contributed by atoms with Crippen LogP contribution in [-0.2, 0) is 4.79 Å². The SMILES string of the molecule is O=C(CNc1cn[nH]c(=O)c1)N1CCCC1. The van der Waals surface area contributed by atoms with E-state index in [4.69, 9.17) is 0 Å². The smallest absolute Gasteiger partial charge is 0.266 e. The first-order valence-corrected chi connectivity index (χ1v) is 5.32. The van der Waals surface area contributed by atoms with Crippen LogP contribution in [0.5, 0.6) is 0 Å².